The Morgan fingerprint density at radius 2 is 1.81 bits per heavy atom. The van der Waals surface area contributed by atoms with Gasteiger partial charge < -0.3 is 23.7 Å². The summed E-state index contributed by atoms with van der Waals surface area (Å²) in [6.07, 6.45) is 3.24. The lowest BCUT2D eigenvalue weighted by atomic mass is 10.1. The van der Waals surface area contributed by atoms with E-state index in [0.717, 1.165) is 5.75 Å². The second-order valence-corrected chi connectivity index (χ2v) is 9.58. The van der Waals surface area contributed by atoms with E-state index in [9.17, 15) is 0 Å². The van der Waals surface area contributed by atoms with Crippen molar-refractivity contribution >= 4 is 35.3 Å². The fraction of sp³-hybridized carbons (Fsp3) is 1.00. The van der Waals surface area contributed by atoms with Gasteiger partial charge in [-0.05, 0) is 26.4 Å². The van der Waals surface area contributed by atoms with Crippen molar-refractivity contribution in [1.82, 2.24) is 0 Å². The van der Waals surface area contributed by atoms with Crippen molar-refractivity contribution in [2.75, 3.05) is 25.4 Å². The summed E-state index contributed by atoms with van der Waals surface area (Å²) in [4.78, 5) is 0. The van der Waals surface area contributed by atoms with Gasteiger partial charge in [-0.25, -0.2) is 0 Å². The average molecular weight is 355 g/mol. The smallest absolute Gasteiger partial charge is 0.208 e. The Kier molecular flexibility index (Phi) is 4.81. The van der Waals surface area contributed by atoms with Crippen LogP contribution in [-0.2, 0) is 23.7 Å². The molecule has 3 fully saturated rings. The molecule has 8 heteroatoms. The third kappa shape index (κ3) is 2.98. The maximum absolute atomic E-state index is 6.25. The van der Waals surface area contributed by atoms with Crippen molar-refractivity contribution in [1.29, 1.82) is 0 Å². The quantitative estimate of drug-likeness (QED) is 0.713. The minimum absolute atomic E-state index is 0.0132. The van der Waals surface area contributed by atoms with Gasteiger partial charge in [0, 0.05) is 12.9 Å². The van der Waals surface area contributed by atoms with Crippen LogP contribution in [0.3, 0.4) is 0 Å². The molecule has 0 aromatic heterocycles. The van der Waals surface area contributed by atoms with Crippen LogP contribution in [0.4, 0.5) is 0 Å². The molecular weight excluding hydrogens is 332 g/mol. The number of methoxy groups -OCH3 is 1. The predicted molar refractivity (Wildman–Crippen MR) is 86.6 cm³/mol. The Labute approximate surface area is 138 Å². The van der Waals surface area contributed by atoms with Crippen LogP contribution in [0.5, 0.6) is 0 Å². The minimum atomic E-state index is -0.620. The molecule has 21 heavy (non-hydrogen) atoms. The standard InChI is InChI=1S/C13H22O5S3/c1-12(2)17-10-9(14-3)8(15-11(10)18-12)7-6-21-13(16-7,19-4)20-5/h7-11H,6H2,1-5H3/t7?,8-,9+,10-,11-/m1/s1. The van der Waals surface area contributed by atoms with Gasteiger partial charge >= 0.3 is 0 Å². The summed E-state index contributed by atoms with van der Waals surface area (Å²) in [5.41, 5.74) is 0. The Morgan fingerprint density at radius 3 is 2.38 bits per heavy atom. The zero-order chi connectivity index (χ0) is 15.3. The van der Waals surface area contributed by atoms with E-state index >= 15 is 0 Å². The lowest BCUT2D eigenvalue weighted by Crippen LogP contribution is -2.43. The molecule has 1 unspecified atom stereocenters. The summed E-state index contributed by atoms with van der Waals surface area (Å²) < 4.78 is 29.4. The molecular formula is C13H22O5S3. The normalized spacial score (nSPS) is 44.1. The molecule has 0 aromatic rings. The maximum atomic E-state index is 6.25. The van der Waals surface area contributed by atoms with E-state index in [1.54, 1.807) is 30.6 Å². The van der Waals surface area contributed by atoms with Gasteiger partial charge in [0.2, 0.25) is 3.60 Å². The molecule has 3 heterocycles. The van der Waals surface area contributed by atoms with Crippen molar-refractivity contribution in [3.8, 4) is 0 Å². The van der Waals surface area contributed by atoms with Gasteiger partial charge in [-0.2, -0.15) is 0 Å². The summed E-state index contributed by atoms with van der Waals surface area (Å²) in [5.74, 6) is 0.264. The number of thioether (sulfide) groups is 3. The summed E-state index contributed by atoms with van der Waals surface area (Å²) in [7, 11) is 1.69. The molecule has 0 spiro atoms. The zero-order valence-corrected chi connectivity index (χ0v) is 15.3. The average Bonchev–Trinajstić information content (AvgIpc) is 3.08. The van der Waals surface area contributed by atoms with Crippen LogP contribution in [0.25, 0.3) is 0 Å². The highest BCUT2D eigenvalue weighted by atomic mass is 32.3. The van der Waals surface area contributed by atoms with E-state index in [0.29, 0.717) is 0 Å². The molecule has 0 aromatic carbocycles. The highest BCUT2D eigenvalue weighted by molar-refractivity contribution is 8.33. The fourth-order valence-corrected chi connectivity index (χ4v) is 6.24. The maximum Gasteiger partial charge on any atom is 0.208 e. The molecule has 3 saturated heterocycles. The van der Waals surface area contributed by atoms with E-state index in [4.69, 9.17) is 23.7 Å². The number of fused-ring (bicyclic) bond motifs is 1. The van der Waals surface area contributed by atoms with E-state index in [-0.39, 0.29) is 34.3 Å². The van der Waals surface area contributed by atoms with Crippen LogP contribution in [-0.4, -0.2) is 65.5 Å². The van der Waals surface area contributed by atoms with Crippen molar-refractivity contribution in [3.63, 3.8) is 0 Å². The van der Waals surface area contributed by atoms with Crippen molar-refractivity contribution in [3.05, 3.63) is 0 Å². The lowest BCUT2D eigenvalue weighted by molar-refractivity contribution is -0.228. The SMILES string of the molecule is CO[C@@H]1[C@H]2OC(C)(C)O[C@H]2O[C@@H]1C1CSC(SC)(SC)O1. The van der Waals surface area contributed by atoms with Gasteiger partial charge in [-0.1, -0.05) is 0 Å². The van der Waals surface area contributed by atoms with Gasteiger partial charge in [0.1, 0.15) is 18.3 Å². The van der Waals surface area contributed by atoms with Gasteiger partial charge in [0.05, 0.1) is 6.10 Å². The van der Waals surface area contributed by atoms with Gasteiger partial charge in [-0.3, -0.25) is 0 Å². The largest absolute Gasteiger partial charge is 0.376 e. The summed E-state index contributed by atoms with van der Waals surface area (Å²) in [6.45, 7) is 3.79. The molecule has 5 atom stereocenters. The third-order valence-electron chi connectivity index (χ3n) is 3.89. The van der Waals surface area contributed by atoms with Crippen LogP contribution in [0.15, 0.2) is 0 Å². The summed E-state index contributed by atoms with van der Waals surface area (Å²) >= 11 is 5.25. The topological polar surface area (TPSA) is 46.2 Å². The molecule has 0 radical (unpaired) electrons. The van der Waals surface area contributed by atoms with Gasteiger partial charge in [0.15, 0.2) is 12.1 Å². The first-order valence-electron chi connectivity index (χ1n) is 6.89. The van der Waals surface area contributed by atoms with Crippen LogP contribution in [0, 0.1) is 0 Å². The predicted octanol–water partition coefficient (Wildman–Crippen LogP) is 2.35. The second kappa shape index (κ2) is 6.05. The Hall–Kier alpha value is 0.850. The summed E-state index contributed by atoms with van der Waals surface area (Å²) in [5, 5.41) is 0. The number of hydrogen-bond donors (Lipinski definition) is 0. The molecule has 5 nitrogen and oxygen atoms in total. The highest BCUT2D eigenvalue weighted by Gasteiger charge is 2.59. The molecule has 122 valence electrons. The molecule has 0 amide bonds. The second-order valence-electron chi connectivity index (χ2n) is 5.65. The molecule has 3 aliphatic rings. The third-order valence-corrected chi connectivity index (χ3v) is 8.73. The highest BCUT2D eigenvalue weighted by Crippen LogP contribution is 2.53. The van der Waals surface area contributed by atoms with E-state index in [2.05, 4.69) is 12.5 Å². The van der Waals surface area contributed by atoms with Crippen LogP contribution in [0.1, 0.15) is 13.8 Å². The van der Waals surface area contributed by atoms with E-state index in [1.165, 1.54) is 0 Å². The molecule has 0 N–H and O–H groups in total. The Bertz CT molecular complexity index is 390. The number of ether oxygens (including phenoxy) is 5. The lowest BCUT2D eigenvalue weighted by Gasteiger charge is -2.29. The first-order chi connectivity index (χ1) is 9.93. The van der Waals surface area contributed by atoms with E-state index < -0.39 is 5.79 Å². The Morgan fingerprint density at radius 1 is 1.10 bits per heavy atom. The molecule has 0 bridgehead atoms. The first-order valence-corrected chi connectivity index (χ1v) is 10.3. The fourth-order valence-electron chi connectivity index (χ4n) is 2.97. The number of hydrogen-bond acceptors (Lipinski definition) is 8. The molecule has 0 aliphatic carbocycles. The first kappa shape index (κ1) is 16.7. The minimum Gasteiger partial charge on any atom is -0.376 e. The Balaban J connectivity index is 1.71. The van der Waals surface area contributed by atoms with Crippen molar-refractivity contribution in [2.45, 2.75) is 53.9 Å². The van der Waals surface area contributed by atoms with Crippen molar-refractivity contribution in [2.24, 2.45) is 0 Å². The van der Waals surface area contributed by atoms with Crippen molar-refractivity contribution < 1.29 is 23.7 Å². The molecule has 3 rings (SSSR count). The van der Waals surface area contributed by atoms with Crippen LogP contribution < -0.4 is 0 Å². The summed E-state index contributed by atoms with van der Waals surface area (Å²) in [6, 6.07) is 0. The van der Waals surface area contributed by atoms with Gasteiger partial charge in [0.25, 0.3) is 0 Å². The van der Waals surface area contributed by atoms with Crippen LogP contribution in [0.2, 0.25) is 0 Å². The van der Waals surface area contributed by atoms with Gasteiger partial charge in [-0.15, -0.1) is 35.3 Å². The molecule has 0 saturated carbocycles. The zero-order valence-electron chi connectivity index (χ0n) is 12.9. The van der Waals surface area contributed by atoms with E-state index in [1.807, 2.05) is 25.6 Å². The van der Waals surface area contributed by atoms with Crippen LogP contribution >= 0.6 is 35.3 Å². The number of rotatable bonds is 4. The monoisotopic (exact) mass is 354 g/mol. The molecule has 3 aliphatic heterocycles.